The molecule has 0 aliphatic rings. The minimum Gasteiger partial charge on any atom is -0.489 e. The monoisotopic (exact) mass is 505 g/mol. The molecule has 3 aromatic rings. The minimum atomic E-state index is 0. The van der Waals surface area contributed by atoms with Crippen LogP contribution < -0.4 is 15.4 Å². The highest BCUT2D eigenvalue weighted by atomic mass is 127. The van der Waals surface area contributed by atoms with Gasteiger partial charge in [-0.25, -0.2) is 4.98 Å². The van der Waals surface area contributed by atoms with E-state index < -0.39 is 0 Å². The van der Waals surface area contributed by atoms with E-state index in [9.17, 15) is 0 Å². The third-order valence-electron chi connectivity index (χ3n) is 4.33. The molecule has 0 aliphatic carbocycles. The van der Waals surface area contributed by atoms with Crippen LogP contribution in [0.1, 0.15) is 18.1 Å². The molecule has 2 N–H and O–H groups in total. The summed E-state index contributed by atoms with van der Waals surface area (Å²) in [5, 5.41) is 6.69. The molecule has 7 heteroatoms. The molecule has 154 valence electrons. The van der Waals surface area contributed by atoms with E-state index in [0.29, 0.717) is 13.1 Å². The Kier molecular flexibility index (Phi) is 8.98. The van der Waals surface area contributed by atoms with Gasteiger partial charge in [-0.05, 0) is 43.2 Å². The van der Waals surface area contributed by atoms with Gasteiger partial charge in [0.05, 0.1) is 18.6 Å². The number of hydrogen-bond donors (Lipinski definition) is 2. The lowest BCUT2D eigenvalue weighted by molar-refractivity contribution is 0.223. The predicted molar refractivity (Wildman–Crippen MR) is 128 cm³/mol. The van der Waals surface area contributed by atoms with Gasteiger partial charge in [0.15, 0.2) is 5.96 Å². The number of benzene rings is 2. The largest absolute Gasteiger partial charge is 0.489 e. The van der Waals surface area contributed by atoms with E-state index in [1.807, 2.05) is 48.0 Å². The third-order valence-corrected chi connectivity index (χ3v) is 4.33. The zero-order valence-electron chi connectivity index (χ0n) is 17.0. The molecule has 0 fully saturated rings. The van der Waals surface area contributed by atoms with Crippen molar-refractivity contribution in [2.24, 2.45) is 4.99 Å². The van der Waals surface area contributed by atoms with Gasteiger partial charge in [0.25, 0.3) is 0 Å². The SMILES string of the molecule is CN=C(NCc1ccccc1-n1ccnc1)NCC(C)Oc1cccc(C)c1.I. The fourth-order valence-electron chi connectivity index (χ4n) is 2.92. The first-order chi connectivity index (χ1) is 13.7. The number of aromatic nitrogens is 2. The fraction of sp³-hybridized carbons (Fsp3) is 0.273. The lowest BCUT2D eigenvalue weighted by Gasteiger charge is -2.18. The maximum Gasteiger partial charge on any atom is 0.191 e. The summed E-state index contributed by atoms with van der Waals surface area (Å²) in [5.74, 6) is 1.62. The number of guanidine groups is 1. The second kappa shape index (κ2) is 11.5. The minimum absolute atomic E-state index is 0. The highest BCUT2D eigenvalue weighted by Crippen LogP contribution is 2.15. The summed E-state index contributed by atoms with van der Waals surface area (Å²) in [7, 11) is 1.77. The summed E-state index contributed by atoms with van der Waals surface area (Å²) in [5.41, 5.74) is 3.44. The van der Waals surface area contributed by atoms with Crippen LogP contribution in [0.5, 0.6) is 5.75 Å². The Labute approximate surface area is 189 Å². The number of aliphatic imine (C=N–C) groups is 1. The highest BCUT2D eigenvalue weighted by Gasteiger charge is 2.08. The number of nitrogens with one attached hydrogen (secondary N) is 2. The Morgan fingerprint density at radius 1 is 1.17 bits per heavy atom. The lowest BCUT2D eigenvalue weighted by Crippen LogP contribution is -2.41. The van der Waals surface area contributed by atoms with Gasteiger partial charge in [0, 0.05) is 26.0 Å². The molecule has 1 aromatic heterocycles. The van der Waals surface area contributed by atoms with Crippen molar-refractivity contribution in [2.75, 3.05) is 13.6 Å². The van der Waals surface area contributed by atoms with Gasteiger partial charge < -0.3 is 19.9 Å². The number of rotatable bonds is 7. The van der Waals surface area contributed by atoms with E-state index >= 15 is 0 Å². The maximum atomic E-state index is 5.97. The van der Waals surface area contributed by atoms with Gasteiger partial charge >= 0.3 is 0 Å². The van der Waals surface area contributed by atoms with Gasteiger partial charge in [-0.1, -0.05) is 30.3 Å². The normalized spacial score (nSPS) is 12.0. The molecule has 6 nitrogen and oxygen atoms in total. The summed E-state index contributed by atoms with van der Waals surface area (Å²) in [6, 6.07) is 16.3. The van der Waals surface area contributed by atoms with Crippen LogP contribution in [0.25, 0.3) is 5.69 Å². The molecular formula is C22H28IN5O. The second-order valence-corrected chi connectivity index (χ2v) is 6.65. The van der Waals surface area contributed by atoms with Crippen molar-refractivity contribution in [2.45, 2.75) is 26.5 Å². The Morgan fingerprint density at radius 2 is 2.00 bits per heavy atom. The van der Waals surface area contributed by atoms with E-state index in [0.717, 1.165) is 23.0 Å². The first-order valence-electron chi connectivity index (χ1n) is 9.40. The van der Waals surface area contributed by atoms with Crippen LogP contribution in [0, 0.1) is 6.92 Å². The van der Waals surface area contributed by atoms with Crippen LogP contribution in [0.4, 0.5) is 0 Å². The topological polar surface area (TPSA) is 63.5 Å². The molecule has 2 aromatic carbocycles. The van der Waals surface area contributed by atoms with Crippen molar-refractivity contribution in [1.82, 2.24) is 20.2 Å². The van der Waals surface area contributed by atoms with Crippen LogP contribution in [-0.2, 0) is 6.54 Å². The summed E-state index contributed by atoms with van der Waals surface area (Å²) in [4.78, 5) is 8.44. The number of halogens is 1. The van der Waals surface area contributed by atoms with Gasteiger partial charge in [-0.15, -0.1) is 24.0 Å². The van der Waals surface area contributed by atoms with E-state index in [2.05, 4.69) is 45.7 Å². The molecule has 1 heterocycles. The quantitative estimate of drug-likeness (QED) is 0.290. The third kappa shape index (κ3) is 6.77. The number of ether oxygens (including phenoxy) is 1. The van der Waals surface area contributed by atoms with E-state index in [1.54, 1.807) is 19.6 Å². The first-order valence-corrected chi connectivity index (χ1v) is 9.40. The molecule has 0 saturated carbocycles. The van der Waals surface area contributed by atoms with Crippen molar-refractivity contribution < 1.29 is 4.74 Å². The number of para-hydroxylation sites is 1. The molecule has 1 atom stereocenters. The van der Waals surface area contributed by atoms with E-state index in [-0.39, 0.29) is 30.1 Å². The number of imidazole rings is 1. The van der Waals surface area contributed by atoms with E-state index in [4.69, 9.17) is 4.74 Å². The average molecular weight is 505 g/mol. The van der Waals surface area contributed by atoms with Gasteiger partial charge in [-0.2, -0.15) is 0 Å². The molecule has 1 unspecified atom stereocenters. The summed E-state index contributed by atoms with van der Waals surface area (Å²) in [6.07, 6.45) is 5.53. The molecule has 0 saturated heterocycles. The summed E-state index contributed by atoms with van der Waals surface area (Å²) in [6.45, 7) is 5.40. The van der Waals surface area contributed by atoms with Crippen LogP contribution in [-0.4, -0.2) is 35.2 Å². The zero-order valence-corrected chi connectivity index (χ0v) is 19.3. The second-order valence-electron chi connectivity index (χ2n) is 6.65. The Balaban J connectivity index is 0.00000300. The Bertz CT molecular complexity index is 911. The number of hydrogen-bond acceptors (Lipinski definition) is 3. The molecule has 0 amide bonds. The van der Waals surface area contributed by atoms with Gasteiger partial charge in [-0.3, -0.25) is 4.99 Å². The van der Waals surface area contributed by atoms with Crippen molar-refractivity contribution in [3.05, 3.63) is 78.4 Å². The first kappa shape index (κ1) is 22.7. The van der Waals surface area contributed by atoms with Crippen molar-refractivity contribution >= 4 is 29.9 Å². The highest BCUT2D eigenvalue weighted by molar-refractivity contribution is 14.0. The van der Waals surface area contributed by atoms with Crippen LogP contribution in [0.15, 0.2) is 72.2 Å². The molecule has 29 heavy (non-hydrogen) atoms. The predicted octanol–water partition coefficient (Wildman–Crippen LogP) is 3.93. The summed E-state index contributed by atoms with van der Waals surface area (Å²) < 4.78 is 7.97. The smallest absolute Gasteiger partial charge is 0.191 e. The number of nitrogens with zero attached hydrogens (tertiary/aromatic N) is 3. The van der Waals surface area contributed by atoms with Crippen molar-refractivity contribution in [3.63, 3.8) is 0 Å². The van der Waals surface area contributed by atoms with Gasteiger partial charge in [0.1, 0.15) is 11.9 Å². The van der Waals surface area contributed by atoms with Gasteiger partial charge in [0.2, 0.25) is 0 Å². The molecule has 0 spiro atoms. The molecule has 0 bridgehead atoms. The molecule has 3 rings (SSSR count). The Morgan fingerprint density at radius 3 is 2.72 bits per heavy atom. The van der Waals surface area contributed by atoms with Crippen LogP contribution >= 0.6 is 24.0 Å². The maximum absolute atomic E-state index is 5.97. The average Bonchev–Trinajstić information content (AvgIpc) is 3.23. The van der Waals surface area contributed by atoms with Crippen LogP contribution in [0.3, 0.4) is 0 Å². The Hall–Kier alpha value is -2.55. The zero-order chi connectivity index (χ0) is 19.8. The summed E-state index contributed by atoms with van der Waals surface area (Å²) >= 11 is 0. The van der Waals surface area contributed by atoms with Crippen molar-refractivity contribution in [1.29, 1.82) is 0 Å². The van der Waals surface area contributed by atoms with Crippen LogP contribution in [0.2, 0.25) is 0 Å². The van der Waals surface area contributed by atoms with Crippen molar-refractivity contribution in [3.8, 4) is 11.4 Å². The molecule has 0 aliphatic heterocycles. The molecule has 0 radical (unpaired) electrons. The molecular weight excluding hydrogens is 477 g/mol. The lowest BCUT2D eigenvalue weighted by atomic mass is 10.1. The standard InChI is InChI=1S/C22H27N5O.HI/c1-17-7-6-9-20(13-17)28-18(2)14-25-22(23-3)26-15-19-8-4-5-10-21(19)27-12-11-24-16-27;/h4-13,16,18H,14-15H2,1-3H3,(H2,23,25,26);1H. The van der Waals surface area contributed by atoms with E-state index in [1.165, 1.54) is 5.56 Å². The number of aryl methyl sites for hydroxylation is 1. The fourth-order valence-corrected chi connectivity index (χ4v) is 2.92.